The topological polar surface area (TPSA) is 39.0 Å². The molecule has 0 bridgehead atoms. The molecule has 2 aromatic heterocycles. The Morgan fingerprint density at radius 1 is 1.05 bits per heavy atom. The maximum atomic E-state index is 5.46. The van der Waals surface area contributed by atoms with Gasteiger partial charge in [0.05, 0.1) is 19.9 Å². The maximum Gasteiger partial charge on any atom is 0.139 e. The normalized spacial score (nSPS) is 10.7. The Bertz CT molecular complexity index is 809. The van der Waals surface area contributed by atoms with Gasteiger partial charge in [0.2, 0.25) is 0 Å². The molecule has 0 saturated heterocycles. The fraction of sp³-hybridized carbons (Fsp3) is 0.235. The molecule has 0 radical (unpaired) electrons. The van der Waals surface area contributed by atoms with E-state index in [4.69, 9.17) is 14.5 Å². The number of rotatable bonds is 4. The van der Waals surface area contributed by atoms with Crippen LogP contribution in [0.1, 0.15) is 0 Å². The van der Waals surface area contributed by atoms with Crippen LogP contribution in [-0.4, -0.2) is 37.7 Å². The van der Waals surface area contributed by atoms with Gasteiger partial charge in [-0.05, 0) is 18.2 Å². The zero-order valence-corrected chi connectivity index (χ0v) is 13.2. The number of anilines is 1. The van der Waals surface area contributed by atoms with Gasteiger partial charge in [-0.15, -0.1) is 0 Å². The van der Waals surface area contributed by atoms with Gasteiger partial charge in [-0.3, -0.25) is 0 Å². The second-order valence-electron chi connectivity index (χ2n) is 5.24. The van der Waals surface area contributed by atoms with Crippen molar-refractivity contribution in [1.82, 2.24) is 9.38 Å². The zero-order chi connectivity index (χ0) is 15.7. The first kappa shape index (κ1) is 14.3. The number of imidazole rings is 1. The van der Waals surface area contributed by atoms with Gasteiger partial charge in [-0.2, -0.15) is 0 Å². The summed E-state index contributed by atoms with van der Waals surface area (Å²) >= 11 is 0. The number of hydrogen-bond acceptors (Lipinski definition) is 4. The van der Waals surface area contributed by atoms with Crippen LogP contribution in [0.2, 0.25) is 0 Å². The van der Waals surface area contributed by atoms with Crippen LogP contribution in [0.4, 0.5) is 5.69 Å². The molecule has 3 aromatic rings. The lowest BCUT2D eigenvalue weighted by molar-refractivity contribution is 0.395. The molecule has 5 nitrogen and oxygen atoms in total. The molecule has 2 heterocycles. The van der Waals surface area contributed by atoms with E-state index in [1.165, 1.54) is 0 Å². The van der Waals surface area contributed by atoms with E-state index in [2.05, 4.69) is 17.0 Å². The van der Waals surface area contributed by atoms with Crippen LogP contribution in [0.15, 0.2) is 42.7 Å². The summed E-state index contributed by atoms with van der Waals surface area (Å²) in [5, 5.41) is 0. The average Bonchev–Trinajstić information content (AvgIpc) is 2.96. The van der Waals surface area contributed by atoms with Crippen LogP contribution in [0.25, 0.3) is 16.9 Å². The lowest BCUT2D eigenvalue weighted by Crippen LogP contribution is -2.08. The van der Waals surface area contributed by atoms with Crippen LogP contribution in [-0.2, 0) is 0 Å². The summed E-state index contributed by atoms with van der Waals surface area (Å²) in [5.74, 6) is 1.51. The molecular weight excluding hydrogens is 278 g/mol. The van der Waals surface area contributed by atoms with Crippen molar-refractivity contribution in [3.8, 4) is 22.8 Å². The van der Waals surface area contributed by atoms with Crippen LogP contribution in [0.3, 0.4) is 0 Å². The van der Waals surface area contributed by atoms with Crippen LogP contribution in [0.5, 0.6) is 11.5 Å². The highest BCUT2D eigenvalue weighted by molar-refractivity contribution is 5.71. The summed E-state index contributed by atoms with van der Waals surface area (Å²) in [7, 11) is 7.32. The predicted octanol–water partition coefficient (Wildman–Crippen LogP) is 3.08. The minimum atomic E-state index is 0.746. The van der Waals surface area contributed by atoms with Crippen molar-refractivity contribution < 1.29 is 9.47 Å². The Morgan fingerprint density at radius 3 is 2.55 bits per heavy atom. The SMILES string of the molecule is COc1ccc(-c2cn3ccc(N(C)C)cc3n2)c(OC)c1. The van der Waals surface area contributed by atoms with E-state index in [1.807, 2.05) is 49.1 Å². The van der Waals surface area contributed by atoms with Crippen LogP contribution >= 0.6 is 0 Å². The van der Waals surface area contributed by atoms with Gasteiger partial charge in [-0.1, -0.05) is 0 Å². The molecule has 5 heteroatoms. The fourth-order valence-corrected chi connectivity index (χ4v) is 2.39. The van der Waals surface area contributed by atoms with E-state index in [0.717, 1.165) is 34.1 Å². The summed E-state index contributed by atoms with van der Waals surface area (Å²) in [6.45, 7) is 0. The number of ether oxygens (including phenoxy) is 2. The number of fused-ring (bicyclic) bond motifs is 1. The van der Waals surface area contributed by atoms with Gasteiger partial charge in [0, 0.05) is 49.9 Å². The molecule has 0 aliphatic rings. The van der Waals surface area contributed by atoms with Crippen molar-refractivity contribution in [2.45, 2.75) is 0 Å². The Kier molecular flexibility index (Phi) is 3.63. The van der Waals surface area contributed by atoms with E-state index in [1.54, 1.807) is 14.2 Å². The largest absolute Gasteiger partial charge is 0.497 e. The fourth-order valence-electron chi connectivity index (χ4n) is 2.39. The lowest BCUT2D eigenvalue weighted by atomic mass is 10.1. The molecule has 0 aliphatic heterocycles. The zero-order valence-electron chi connectivity index (χ0n) is 13.2. The molecule has 114 valence electrons. The average molecular weight is 297 g/mol. The van der Waals surface area contributed by atoms with Gasteiger partial charge >= 0.3 is 0 Å². The molecule has 0 aliphatic carbocycles. The quantitative estimate of drug-likeness (QED) is 0.742. The standard InChI is InChI=1S/C17H19N3O2/c1-19(2)12-7-8-20-11-15(18-17(20)9-12)14-6-5-13(21-3)10-16(14)22-4/h5-11H,1-4H3. The molecule has 0 amide bonds. The van der Waals surface area contributed by atoms with Gasteiger partial charge in [0.25, 0.3) is 0 Å². The molecule has 0 unspecified atom stereocenters. The second kappa shape index (κ2) is 5.60. The molecule has 22 heavy (non-hydrogen) atoms. The van der Waals surface area contributed by atoms with E-state index in [0.29, 0.717) is 0 Å². The molecule has 0 fully saturated rings. The highest BCUT2D eigenvalue weighted by Gasteiger charge is 2.11. The molecular formula is C17H19N3O2. The molecule has 1 aromatic carbocycles. The van der Waals surface area contributed by atoms with Crippen molar-refractivity contribution in [2.24, 2.45) is 0 Å². The molecule has 0 saturated carbocycles. The number of aromatic nitrogens is 2. The number of methoxy groups -OCH3 is 2. The van der Waals surface area contributed by atoms with E-state index >= 15 is 0 Å². The first-order valence-electron chi connectivity index (χ1n) is 7.01. The Hall–Kier alpha value is -2.69. The first-order chi connectivity index (χ1) is 10.6. The Balaban J connectivity index is 2.10. The molecule has 0 spiro atoms. The molecule has 0 N–H and O–H groups in total. The minimum absolute atomic E-state index is 0.746. The summed E-state index contributed by atoms with van der Waals surface area (Å²) < 4.78 is 12.7. The lowest BCUT2D eigenvalue weighted by Gasteiger charge is -2.11. The molecule has 3 rings (SSSR count). The summed E-state index contributed by atoms with van der Waals surface area (Å²) in [5.41, 5.74) is 3.83. The highest BCUT2D eigenvalue weighted by atomic mass is 16.5. The van der Waals surface area contributed by atoms with E-state index < -0.39 is 0 Å². The number of benzene rings is 1. The van der Waals surface area contributed by atoms with Crippen molar-refractivity contribution in [2.75, 3.05) is 33.2 Å². The third-order valence-corrected chi connectivity index (χ3v) is 3.64. The van der Waals surface area contributed by atoms with Crippen LogP contribution < -0.4 is 14.4 Å². The summed E-state index contributed by atoms with van der Waals surface area (Å²) in [6.07, 6.45) is 4.01. The third kappa shape index (κ3) is 2.45. The van der Waals surface area contributed by atoms with Crippen molar-refractivity contribution in [3.63, 3.8) is 0 Å². The van der Waals surface area contributed by atoms with Gasteiger partial charge in [-0.25, -0.2) is 4.98 Å². The van der Waals surface area contributed by atoms with E-state index in [-0.39, 0.29) is 0 Å². The smallest absolute Gasteiger partial charge is 0.139 e. The summed E-state index contributed by atoms with van der Waals surface area (Å²) in [6, 6.07) is 9.85. The highest BCUT2D eigenvalue weighted by Crippen LogP contribution is 2.33. The monoisotopic (exact) mass is 297 g/mol. The van der Waals surface area contributed by atoms with Crippen molar-refractivity contribution in [1.29, 1.82) is 0 Å². The third-order valence-electron chi connectivity index (χ3n) is 3.64. The Morgan fingerprint density at radius 2 is 1.86 bits per heavy atom. The van der Waals surface area contributed by atoms with Crippen molar-refractivity contribution >= 4 is 11.3 Å². The maximum absolute atomic E-state index is 5.46. The first-order valence-corrected chi connectivity index (χ1v) is 7.01. The summed E-state index contributed by atoms with van der Waals surface area (Å²) in [4.78, 5) is 6.76. The minimum Gasteiger partial charge on any atom is -0.497 e. The Labute approximate surface area is 129 Å². The second-order valence-corrected chi connectivity index (χ2v) is 5.24. The van der Waals surface area contributed by atoms with Gasteiger partial charge < -0.3 is 18.8 Å². The predicted molar refractivity (Wildman–Crippen MR) is 88.1 cm³/mol. The van der Waals surface area contributed by atoms with Gasteiger partial charge in [0.15, 0.2) is 0 Å². The number of nitrogens with zero attached hydrogens (tertiary/aromatic N) is 3. The van der Waals surface area contributed by atoms with Crippen LogP contribution in [0, 0.1) is 0 Å². The molecule has 0 atom stereocenters. The van der Waals surface area contributed by atoms with Gasteiger partial charge in [0.1, 0.15) is 17.1 Å². The number of hydrogen-bond donors (Lipinski definition) is 0. The van der Waals surface area contributed by atoms with Crippen molar-refractivity contribution in [3.05, 3.63) is 42.7 Å². The number of pyridine rings is 1. The van der Waals surface area contributed by atoms with E-state index in [9.17, 15) is 0 Å².